The number of carbonyl (C=O) groups excluding carboxylic acids is 2. The van der Waals surface area contributed by atoms with Crippen LogP contribution < -0.4 is 15.7 Å². The van der Waals surface area contributed by atoms with Crippen LogP contribution in [-0.2, 0) is 4.79 Å². The zero-order chi connectivity index (χ0) is 22.7. The van der Waals surface area contributed by atoms with Gasteiger partial charge in [-0.05, 0) is 61.4 Å². The number of carbonyl (C=O) groups is 2. The number of rotatable bonds is 9. The topological polar surface area (TPSA) is 81.7 Å². The Morgan fingerprint density at radius 1 is 1.30 bits per heavy atom. The second kappa shape index (κ2) is 12.8. The van der Waals surface area contributed by atoms with Gasteiger partial charge in [0.1, 0.15) is 0 Å². The molecule has 0 saturated carbocycles. The van der Waals surface area contributed by atoms with E-state index in [1.807, 2.05) is 29.2 Å². The number of amides is 1. The first kappa shape index (κ1) is 26.2. The smallest absolute Gasteiger partial charge is 0.227 e. The maximum Gasteiger partial charge on any atom is 0.227 e. The molecular weight excluding hydrogens is 398 g/mol. The molecule has 0 spiro atoms. The predicted molar refractivity (Wildman–Crippen MR) is 127 cm³/mol. The van der Waals surface area contributed by atoms with Gasteiger partial charge in [0.05, 0.1) is 4.88 Å². The molecular formula is C23H37N3O3S. The van der Waals surface area contributed by atoms with Crippen molar-refractivity contribution < 1.29 is 14.8 Å². The fourth-order valence-corrected chi connectivity index (χ4v) is 3.81. The third kappa shape index (κ3) is 8.92. The molecule has 1 aromatic carbocycles. The lowest BCUT2D eigenvalue weighted by atomic mass is 9.91. The number of hydroxylamine groups is 1. The highest BCUT2D eigenvalue weighted by molar-refractivity contribution is 7.20. The van der Waals surface area contributed by atoms with E-state index in [0.29, 0.717) is 23.9 Å². The molecule has 0 aliphatic carbocycles. The van der Waals surface area contributed by atoms with Gasteiger partial charge in [-0.3, -0.25) is 9.59 Å². The Balaban J connectivity index is 0.00000141. The Kier molecular flexibility index (Phi) is 11.2. The van der Waals surface area contributed by atoms with Gasteiger partial charge in [0.15, 0.2) is 6.29 Å². The second-order valence-electron chi connectivity index (χ2n) is 8.61. The Labute approximate surface area is 184 Å². The van der Waals surface area contributed by atoms with Crippen LogP contribution in [0.3, 0.4) is 0 Å². The predicted octanol–water partition coefficient (Wildman–Crippen LogP) is 4.86. The summed E-state index contributed by atoms with van der Waals surface area (Å²) in [5.41, 5.74) is 2.61. The molecule has 2 aromatic rings. The van der Waals surface area contributed by atoms with Crippen molar-refractivity contribution in [3.63, 3.8) is 0 Å². The zero-order valence-electron chi connectivity index (χ0n) is 19.1. The summed E-state index contributed by atoms with van der Waals surface area (Å²) in [6.45, 7) is 12.2. The Morgan fingerprint density at radius 3 is 2.53 bits per heavy atom. The zero-order valence-corrected chi connectivity index (χ0v) is 19.9. The van der Waals surface area contributed by atoms with Gasteiger partial charge >= 0.3 is 0 Å². The van der Waals surface area contributed by atoms with E-state index < -0.39 is 0 Å². The van der Waals surface area contributed by atoms with Crippen LogP contribution >= 0.6 is 11.3 Å². The van der Waals surface area contributed by atoms with Gasteiger partial charge in [0.2, 0.25) is 5.91 Å². The van der Waals surface area contributed by atoms with Crippen LogP contribution in [0.1, 0.15) is 63.6 Å². The van der Waals surface area contributed by atoms with Crippen LogP contribution in [0, 0.1) is 5.41 Å². The summed E-state index contributed by atoms with van der Waals surface area (Å²) in [6.07, 6.45) is 3.39. The van der Waals surface area contributed by atoms with Gasteiger partial charge in [-0.25, -0.2) is 5.48 Å². The average Bonchev–Trinajstić information content (AvgIpc) is 3.09. The van der Waals surface area contributed by atoms with Crippen LogP contribution in [0.5, 0.6) is 0 Å². The normalized spacial score (nSPS) is 12.2. The van der Waals surface area contributed by atoms with E-state index in [2.05, 4.69) is 39.9 Å². The third-order valence-electron chi connectivity index (χ3n) is 4.59. The Hall–Kier alpha value is -1.80. The van der Waals surface area contributed by atoms with E-state index in [9.17, 15) is 9.59 Å². The minimum Gasteiger partial charge on any atom is -0.317 e. The third-order valence-corrected chi connectivity index (χ3v) is 5.63. The summed E-state index contributed by atoms with van der Waals surface area (Å²) < 4.78 is 1.07. The Morgan fingerprint density at radius 2 is 1.97 bits per heavy atom. The summed E-state index contributed by atoms with van der Waals surface area (Å²) in [7, 11) is 1.43. The van der Waals surface area contributed by atoms with Gasteiger partial charge in [-0.15, -0.1) is 11.3 Å². The van der Waals surface area contributed by atoms with Crippen LogP contribution in [0.15, 0.2) is 24.3 Å². The lowest BCUT2D eigenvalue weighted by Gasteiger charge is -2.27. The van der Waals surface area contributed by atoms with Gasteiger partial charge < -0.3 is 15.4 Å². The molecule has 2 rings (SSSR count). The number of hydrogen-bond donors (Lipinski definition) is 3. The van der Waals surface area contributed by atoms with Crippen molar-refractivity contribution in [2.75, 3.05) is 25.0 Å². The largest absolute Gasteiger partial charge is 0.317 e. The molecule has 3 N–H and O–H groups in total. The molecule has 30 heavy (non-hydrogen) atoms. The summed E-state index contributed by atoms with van der Waals surface area (Å²) in [4.78, 5) is 26.7. The molecule has 0 saturated heterocycles. The highest BCUT2D eigenvalue weighted by atomic mass is 32.1. The van der Waals surface area contributed by atoms with Crippen LogP contribution in [-0.4, -0.2) is 43.6 Å². The van der Waals surface area contributed by atoms with Crippen molar-refractivity contribution in [2.24, 2.45) is 5.41 Å². The molecule has 0 radical (unpaired) electrons. The molecule has 1 amide bonds. The van der Waals surface area contributed by atoms with Crippen LogP contribution in [0.2, 0.25) is 0 Å². The maximum atomic E-state index is 13.0. The summed E-state index contributed by atoms with van der Waals surface area (Å²) >= 11 is 1.48. The number of thiophene rings is 1. The summed E-state index contributed by atoms with van der Waals surface area (Å²) in [5, 5.41) is 11.8. The summed E-state index contributed by atoms with van der Waals surface area (Å²) in [6, 6.07) is 8.43. The molecule has 0 aliphatic rings. The van der Waals surface area contributed by atoms with E-state index in [-0.39, 0.29) is 11.3 Å². The van der Waals surface area contributed by atoms with E-state index in [1.165, 1.54) is 18.4 Å². The minimum absolute atomic E-state index is 0.0541. The molecule has 1 heterocycles. The molecule has 1 atom stereocenters. The first-order valence-electron chi connectivity index (χ1n) is 10.5. The number of anilines is 1. The Bertz CT molecular complexity index is 799. The first-order valence-corrected chi connectivity index (χ1v) is 11.3. The van der Waals surface area contributed by atoms with Crippen molar-refractivity contribution >= 4 is 39.3 Å². The molecule has 1 aromatic heterocycles. The molecule has 168 valence electrons. The average molecular weight is 436 g/mol. The number of hydrogen-bond acceptors (Lipinski definition) is 6. The highest BCUT2D eigenvalue weighted by Crippen LogP contribution is 2.30. The number of fused-ring (bicyclic) bond motifs is 1. The van der Waals surface area contributed by atoms with Crippen molar-refractivity contribution in [2.45, 2.75) is 59.9 Å². The lowest BCUT2D eigenvalue weighted by Crippen LogP contribution is -2.36. The van der Waals surface area contributed by atoms with Gasteiger partial charge in [-0.2, -0.15) is 0 Å². The fraction of sp³-hybridized carbons (Fsp3) is 0.565. The molecule has 0 aliphatic heterocycles. The van der Waals surface area contributed by atoms with Crippen molar-refractivity contribution in [3.05, 3.63) is 29.1 Å². The van der Waals surface area contributed by atoms with Gasteiger partial charge in [0.25, 0.3) is 0 Å². The SMILES string of the molecule is CCC(C)NCCCN(C(=O)CC(C)(C)C)c1ccc2sc(C=O)cc2c1.CNO. The van der Waals surface area contributed by atoms with E-state index in [4.69, 9.17) is 5.21 Å². The number of benzene rings is 1. The fourth-order valence-electron chi connectivity index (χ4n) is 2.95. The van der Waals surface area contributed by atoms with Gasteiger partial charge in [-0.1, -0.05) is 27.7 Å². The van der Waals surface area contributed by atoms with Crippen molar-refractivity contribution in [3.8, 4) is 0 Å². The maximum absolute atomic E-state index is 13.0. The van der Waals surface area contributed by atoms with Crippen LogP contribution in [0.4, 0.5) is 5.69 Å². The molecule has 1 unspecified atom stereocenters. The number of aldehydes is 1. The minimum atomic E-state index is -0.0541. The van der Waals surface area contributed by atoms with E-state index in [1.54, 1.807) is 5.48 Å². The van der Waals surface area contributed by atoms with Gasteiger partial charge in [0, 0.05) is 36.4 Å². The quantitative estimate of drug-likeness (QED) is 0.298. The monoisotopic (exact) mass is 435 g/mol. The van der Waals surface area contributed by atoms with E-state index in [0.717, 1.165) is 41.4 Å². The number of nitrogens with one attached hydrogen (secondary N) is 2. The van der Waals surface area contributed by atoms with Crippen molar-refractivity contribution in [1.82, 2.24) is 10.8 Å². The second-order valence-corrected chi connectivity index (χ2v) is 9.73. The molecule has 0 bridgehead atoms. The highest BCUT2D eigenvalue weighted by Gasteiger charge is 2.22. The standard InChI is InChI=1S/C22H32N2O2S.CH5NO/c1-6-16(2)23-10-7-11-24(21(26)14-22(3,4)5)18-8-9-20-17(12-18)13-19(15-25)27-20;1-2-3/h8-9,12-13,15-16,23H,6-7,10-11,14H2,1-5H3;2-3H,1H3. The van der Waals surface area contributed by atoms with Crippen LogP contribution in [0.25, 0.3) is 10.1 Å². The molecule has 6 nitrogen and oxygen atoms in total. The molecule has 7 heteroatoms. The summed E-state index contributed by atoms with van der Waals surface area (Å²) in [5.74, 6) is 0.149. The lowest BCUT2D eigenvalue weighted by molar-refractivity contribution is -0.120. The van der Waals surface area contributed by atoms with Crippen molar-refractivity contribution in [1.29, 1.82) is 0 Å². The first-order chi connectivity index (χ1) is 14.1. The number of nitrogens with zero attached hydrogens (tertiary/aromatic N) is 1. The van der Waals surface area contributed by atoms with E-state index >= 15 is 0 Å². The molecule has 0 fully saturated rings.